The molecule has 6 nitrogen and oxygen atoms in total. The van der Waals surface area contributed by atoms with Gasteiger partial charge in [0.25, 0.3) is 0 Å². The second-order valence-electron chi connectivity index (χ2n) is 14.2. The summed E-state index contributed by atoms with van der Waals surface area (Å²) in [5, 5.41) is 0. The van der Waals surface area contributed by atoms with Crippen LogP contribution in [0.4, 0.5) is 34.1 Å². The van der Waals surface area contributed by atoms with Crippen LogP contribution in [0.2, 0.25) is 0 Å². The monoisotopic (exact) mass is 744 g/mol. The fourth-order valence-electron chi connectivity index (χ4n) is 7.52. The highest BCUT2D eigenvalue weighted by Crippen LogP contribution is 2.53. The van der Waals surface area contributed by atoms with Crippen LogP contribution >= 0.6 is 0 Å². The number of rotatable bonds is 6. The van der Waals surface area contributed by atoms with E-state index in [1.807, 2.05) is 147 Å². The van der Waals surface area contributed by atoms with Crippen LogP contribution in [0.5, 0.6) is 0 Å². The van der Waals surface area contributed by atoms with Gasteiger partial charge in [-0.25, -0.2) is 16.8 Å². The van der Waals surface area contributed by atoms with Gasteiger partial charge in [0.15, 0.2) is 0 Å². The van der Waals surface area contributed by atoms with Crippen LogP contribution in [0.1, 0.15) is 22.3 Å². The van der Waals surface area contributed by atoms with E-state index in [-0.39, 0.29) is 19.6 Å². The van der Waals surface area contributed by atoms with Gasteiger partial charge in [0, 0.05) is 56.4 Å². The van der Waals surface area contributed by atoms with E-state index in [1.54, 1.807) is 36.4 Å². The van der Waals surface area contributed by atoms with Gasteiger partial charge in [-0.2, -0.15) is 0 Å². The van der Waals surface area contributed by atoms with Crippen molar-refractivity contribution in [3.05, 3.63) is 168 Å². The average Bonchev–Trinajstić information content (AvgIpc) is 3.52. The summed E-state index contributed by atoms with van der Waals surface area (Å²) in [5.74, 6) is 0. The minimum atomic E-state index is -3.99. The number of fused-ring (bicyclic) bond motifs is 6. The molecule has 0 atom stereocenters. The molecule has 54 heavy (non-hydrogen) atoms. The Morgan fingerprint density at radius 1 is 0.296 bits per heavy atom. The summed E-state index contributed by atoms with van der Waals surface area (Å²) in [7, 11) is -7.98. The first kappa shape index (κ1) is 33.8. The van der Waals surface area contributed by atoms with Crippen LogP contribution in [0.15, 0.2) is 165 Å². The van der Waals surface area contributed by atoms with Gasteiger partial charge in [-0.1, -0.05) is 82.9 Å². The van der Waals surface area contributed by atoms with Gasteiger partial charge < -0.3 is 9.80 Å². The topological polar surface area (TPSA) is 74.8 Å². The lowest BCUT2D eigenvalue weighted by Crippen LogP contribution is -2.10. The van der Waals surface area contributed by atoms with Crippen LogP contribution in [0.25, 0.3) is 22.3 Å². The maximum Gasteiger partial charge on any atom is 0.207 e. The van der Waals surface area contributed by atoms with E-state index < -0.39 is 19.7 Å². The molecule has 0 radical (unpaired) electrons. The number of hydrogen-bond donors (Lipinski definition) is 0. The molecule has 0 bridgehead atoms. The molecule has 0 unspecified atom stereocenters. The van der Waals surface area contributed by atoms with Crippen LogP contribution in [-0.2, 0) is 19.7 Å². The number of hydrogen-bond acceptors (Lipinski definition) is 6. The molecule has 0 N–H and O–H groups in total. The normalized spacial score (nSPS) is 14.1. The van der Waals surface area contributed by atoms with Crippen molar-refractivity contribution in [1.82, 2.24) is 0 Å². The Morgan fingerprint density at radius 2 is 0.537 bits per heavy atom. The molecular weight excluding hydrogens is 709 g/mol. The molecule has 0 spiro atoms. The van der Waals surface area contributed by atoms with Crippen molar-refractivity contribution in [1.29, 1.82) is 0 Å². The van der Waals surface area contributed by atoms with E-state index in [9.17, 15) is 16.8 Å². The molecular formula is C46H36N2O4S2. The average molecular weight is 745 g/mol. The van der Waals surface area contributed by atoms with E-state index in [4.69, 9.17) is 0 Å². The van der Waals surface area contributed by atoms with Crippen molar-refractivity contribution >= 4 is 53.8 Å². The third kappa shape index (κ3) is 5.36. The molecule has 2 aliphatic heterocycles. The summed E-state index contributed by atoms with van der Waals surface area (Å²) in [6.45, 7) is 8.11. The first-order valence-electron chi connectivity index (χ1n) is 17.7. The molecule has 7 aromatic rings. The Bertz CT molecular complexity index is 2570. The zero-order valence-corrected chi connectivity index (χ0v) is 31.8. The van der Waals surface area contributed by atoms with Gasteiger partial charge in [-0.05, 0) is 113 Å². The Labute approximate surface area is 316 Å². The fraction of sp³-hybridized carbons (Fsp3) is 0.0870. The van der Waals surface area contributed by atoms with E-state index >= 15 is 0 Å². The highest BCUT2D eigenvalue weighted by Gasteiger charge is 2.40. The zero-order chi connectivity index (χ0) is 37.5. The van der Waals surface area contributed by atoms with Crippen molar-refractivity contribution in [2.75, 3.05) is 9.80 Å². The molecule has 0 aromatic heterocycles. The van der Waals surface area contributed by atoms with Gasteiger partial charge in [0.1, 0.15) is 0 Å². The van der Waals surface area contributed by atoms with Gasteiger partial charge in [0.2, 0.25) is 19.7 Å². The predicted molar refractivity (Wildman–Crippen MR) is 217 cm³/mol. The van der Waals surface area contributed by atoms with Gasteiger partial charge in [0.05, 0.1) is 19.6 Å². The van der Waals surface area contributed by atoms with Gasteiger partial charge in [-0.3, -0.25) is 0 Å². The van der Waals surface area contributed by atoms with Crippen LogP contribution in [0.3, 0.4) is 0 Å². The lowest BCUT2D eigenvalue weighted by atomic mass is 9.99. The van der Waals surface area contributed by atoms with Crippen molar-refractivity contribution in [2.45, 2.75) is 47.3 Å². The molecule has 0 saturated heterocycles. The second-order valence-corrected chi connectivity index (χ2v) is 18.0. The Morgan fingerprint density at radius 3 is 0.815 bits per heavy atom. The summed E-state index contributed by atoms with van der Waals surface area (Å²) < 4.78 is 57.7. The lowest BCUT2D eigenvalue weighted by molar-refractivity contribution is 0.596. The predicted octanol–water partition coefficient (Wildman–Crippen LogP) is 11.5. The van der Waals surface area contributed by atoms with E-state index in [0.29, 0.717) is 33.6 Å². The Balaban J connectivity index is 1.15. The fourth-order valence-corrected chi connectivity index (χ4v) is 10.9. The third-order valence-corrected chi connectivity index (χ3v) is 14.1. The van der Waals surface area contributed by atoms with E-state index in [1.165, 1.54) is 0 Å². The van der Waals surface area contributed by atoms with E-state index in [2.05, 4.69) is 0 Å². The summed E-state index contributed by atoms with van der Waals surface area (Å²) in [6, 6.07) is 46.3. The first-order chi connectivity index (χ1) is 25.9. The van der Waals surface area contributed by atoms with Crippen molar-refractivity contribution in [2.24, 2.45) is 0 Å². The van der Waals surface area contributed by atoms with Crippen LogP contribution < -0.4 is 9.80 Å². The van der Waals surface area contributed by atoms with Gasteiger partial charge >= 0.3 is 0 Å². The van der Waals surface area contributed by atoms with E-state index in [0.717, 1.165) is 45.0 Å². The molecule has 0 saturated carbocycles. The summed E-state index contributed by atoms with van der Waals surface area (Å²) in [5.41, 5.74) is 11.2. The minimum Gasteiger partial charge on any atom is -0.310 e. The Kier molecular flexibility index (Phi) is 7.71. The summed E-state index contributed by atoms with van der Waals surface area (Å²) >= 11 is 0. The number of aryl methyl sites for hydroxylation is 4. The SMILES string of the molecule is Cc1ccc(N(c2ccc(C)cc2)c2ccc3c(c2)S(=O)(=O)c2cc4c(cc2-3)S(=O)(=O)c2cc(N(c3ccc(C)cc3)c3ccc(C)cc3)ccc2-4)cc1. The molecule has 0 aliphatic carbocycles. The minimum absolute atomic E-state index is 0.110. The van der Waals surface area contributed by atoms with Crippen LogP contribution in [-0.4, -0.2) is 16.8 Å². The second kappa shape index (κ2) is 12.3. The molecule has 7 aromatic carbocycles. The molecule has 2 heterocycles. The molecule has 8 heteroatoms. The number of sulfone groups is 2. The maximum atomic E-state index is 14.4. The van der Waals surface area contributed by atoms with Crippen molar-refractivity contribution < 1.29 is 16.8 Å². The molecule has 0 fully saturated rings. The lowest BCUT2D eigenvalue weighted by Gasteiger charge is -2.26. The molecule has 0 amide bonds. The zero-order valence-electron chi connectivity index (χ0n) is 30.2. The smallest absolute Gasteiger partial charge is 0.207 e. The van der Waals surface area contributed by atoms with Crippen molar-refractivity contribution in [3.8, 4) is 22.3 Å². The molecule has 9 rings (SSSR count). The molecule has 2 aliphatic rings. The standard InChI is InChI=1S/C46H36N2O4S2/c1-29-5-13-33(14-6-29)47(34-15-7-30(2)8-16-34)37-21-23-39-41-27-46-42(28-45(41)53(49,50)43(39)25-37)40-24-22-38(26-44(40)54(46,51)52)48(35-17-9-31(3)10-18-35)36-19-11-32(4)12-20-36/h5-28H,1-4H3. The van der Waals surface area contributed by atoms with Crippen molar-refractivity contribution in [3.63, 3.8) is 0 Å². The largest absolute Gasteiger partial charge is 0.310 e. The third-order valence-electron chi connectivity index (χ3n) is 10.4. The summed E-state index contributed by atoms with van der Waals surface area (Å²) in [6.07, 6.45) is 0. The first-order valence-corrected chi connectivity index (χ1v) is 20.7. The van der Waals surface area contributed by atoms with Crippen LogP contribution in [0, 0.1) is 27.7 Å². The quantitative estimate of drug-likeness (QED) is 0.169. The Hall–Kier alpha value is -5.96. The summed E-state index contributed by atoms with van der Waals surface area (Å²) in [4.78, 5) is 4.60. The number of benzene rings is 7. The van der Waals surface area contributed by atoms with Gasteiger partial charge in [-0.15, -0.1) is 0 Å². The maximum absolute atomic E-state index is 14.4. The number of anilines is 6. The molecule has 266 valence electrons. The highest BCUT2D eigenvalue weighted by atomic mass is 32.2. The highest BCUT2D eigenvalue weighted by molar-refractivity contribution is 7.92. The number of nitrogens with zero attached hydrogens (tertiary/aromatic N) is 2.